The molecule has 0 heterocycles. The number of nitrogens with one attached hydrogen (secondary N) is 2. The predicted octanol–water partition coefficient (Wildman–Crippen LogP) is 0.662. The number of hydrogen-bond acceptors (Lipinski definition) is 3. The fraction of sp³-hybridized carbons (Fsp3) is 0.769. The summed E-state index contributed by atoms with van der Waals surface area (Å²) in [7, 11) is 0. The van der Waals surface area contributed by atoms with Crippen molar-refractivity contribution in [2.45, 2.75) is 51.5 Å². The first-order valence-corrected chi connectivity index (χ1v) is 6.83. The van der Waals surface area contributed by atoms with Crippen molar-refractivity contribution in [1.29, 1.82) is 0 Å². The fourth-order valence-corrected chi connectivity index (χ4v) is 1.82. The van der Waals surface area contributed by atoms with Crippen LogP contribution in [0.2, 0.25) is 0 Å². The van der Waals surface area contributed by atoms with Crippen LogP contribution in [0.1, 0.15) is 45.4 Å². The molecule has 0 aromatic heterocycles. The Labute approximate surface area is 112 Å². The maximum atomic E-state index is 11.6. The van der Waals surface area contributed by atoms with E-state index in [0.717, 1.165) is 19.3 Å². The van der Waals surface area contributed by atoms with Gasteiger partial charge in [-0.2, -0.15) is 0 Å². The molecule has 6 heteroatoms. The third-order valence-corrected chi connectivity index (χ3v) is 3.06. The van der Waals surface area contributed by atoms with E-state index < -0.39 is 12.0 Å². The molecule has 0 saturated heterocycles. The molecular weight excluding hydrogens is 248 g/mol. The Morgan fingerprint density at radius 2 is 1.84 bits per heavy atom. The summed E-state index contributed by atoms with van der Waals surface area (Å²) in [5.74, 6) is -1.25. The fourth-order valence-electron chi connectivity index (χ4n) is 1.82. The highest BCUT2D eigenvalue weighted by atomic mass is 16.4. The van der Waals surface area contributed by atoms with Gasteiger partial charge in [0.25, 0.3) is 0 Å². The highest BCUT2D eigenvalue weighted by Crippen LogP contribution is 2.32. The Bertz CT molecular complexity index is 340. The van der Waals surface area contributed by atoms with Crippen molar-refractivity contribution in [3.05, 3.63) is 0 Å². The lowest BCUT2D eigenvalue weighted by Crippen LogP contribution is -2.42. The van der Waals surface area contributed by atoms with Crippen LogP contribution >= 0.6 is 0 Å². The Kier molecular flexibility index (Phi) is 6.32. The van der Waals surface area contributed by atoms with Crippen LogP contribution in [0.4, 0.5) is 0 Å². The Hall–Kier alpha value is -1.59. The minimum Gasteiger partial charge on any atom is -0.480 e. The van der Waals surface area contributed by atoms with Gasteiger partial charge in [0.1, 0.15) is 6.04 Å². The van der Waals surface area contributed by atoms with Gasteiger partial charge in [0.2, 0.25) is 11.8 Å². The summed E-state index contributed by atoms with van der Waals surface area (Å²) >= 11 is 0. The number of carbonyl (C=O) groups excluding carboxylic acids is 2. The molecular formula is C13H22N2O4. The second kappa shape index (κ2) is 7.76. The molecule has 1 atom stereocenters. The third-order valence-electron chi connectivity index (χ3n) is 3.06. The number of rotatable bonds is 9. The highest BCUT2D eigenvalue weighted by Gasteiger charge is 2.37. The van der Waals surface area contributed by atoms with Gasteiger partial charge >= 0.3 is 5.97 Å². The SMILES string of the molecule is CCCNC(=O)CCCC(=O)NC(C(=O)O)C1CC1. The van der Waals surface area contributed by atoms with Crippen LogP contribution in [0.3, 0.4) is 0 Å². The number of carbonyl (C=O) groups is 3. The largest absolute Gasteiger partial charge is 0.480 e. The van der Waals surface area contributed by atoms with E-state index in [1.165, 1.54) is 0 Å². The van der Waals surface area contributed by atoms with Gasteiger partial charge < -0.3 is 15.7 Å². The highest BCUT2D eigenvalue weighted by molar-refractivity contribution is 5.84. The summed E-state index contributed by atoms with van der Waals surface area (Å²) in [6.07, 6.45) is 3.53. The zero-order valence-electron chi connectivity index (χ0n) is 11.3. The topological polar surface area (TPSA) is 95.5 Å². The molecule has 1 saturated carbocycles. The summed E-state index contributed by atoms with van der Waals surface area (Å²) in [4.78, 5) is 33.8. The van der Waals surface area contributed by atoms with E-state index in [0.29, 0.717) is 19.4 Å². The summed E-state index contributed by atoms with van der Waals surface area (Å²) in [5.41, 5.74) is 0. The standard InChI is InChI=1S/C13H22N2O4/c1-2-8-14-10(16)4-3-5-11(17)15-12(13(18)19)9-6-7-9/h9,12H,2-8H2,1H3,(H,14,16)(H,15,17)(H,18,19). The first-order valence-electron chi connectivity index (χ1n) is 6.83. The predicted molar refractivity (Wildman–Crippen MR) is 69.4 cm³/mol. The summed E-state index contributed by atoms with van der Waals surface area (Å²) < 4.78 is 0. The molecule has 1 unspecified atom stereocenters. The zero-order valence-corrected chi connectivity index (χ0v) is 11.3. The Morgan fingerprint density at radius 3 is 2.37 bits per heavy atom. The lowest BCUT2D eigenvalue weighted by atomic mass is 10.1. The van der Waals surface area contributed by atoms with Gasteiger partial charge in [0.15, 0.2) is 0 Å². The molecule has 1 aliphatic carbocycles. The Morgan fingerprint density at radius 1 is 1.21 bits per heavy atom. The van der Waals surface area contributed by atoms with Crippen molar-refractivity contribution >= 4 is 17.8 Å². The average molecular weight is 270 g/mol. The van der Waals surface area contributed by atoms with E-state index in [1.807, 2.05) is 6.92 Å². The molecule has 0 aliphatic heterocycles. The number of amides is 2. The van der Waals surface area contributed by atoms with Crippen molar-refractivity contribution in [3.8, 4) is 0 Å². The molecule has 0 aromatic rings. The lowest BCUT2D eigenvalue weighted by molar-refractivity contribution is -0.142. The van der Waals surface area contributed by atoms with E-state index in [1.54, 1.807) is 0 Å². The number of hydrogen-bond donors (Lipinski definition) is 3. The second-order valence-electron chi connectivity index (χ2n) is 4.92. The lowest BCUT2D eigenvalue weighted by Gasteiger charge is -2.13. The number of carboxylic acid groups (broad SMARTS) is 1. The molecule has 108 valence electrons. The van der Waals surface area contributed by atoms with E-state index >= 15 is 0 Å². The minimum absolute atomic E-state index is 0.0633. The smallest absolute Gasteiger partial charge is 0.326 e. The van der Waals surface area contributed by atoms with Gasteiger partial charge in [-0.05, 0) is 31.6 Å². The van der Waals surface area contributed by atoms with Crippen molar-refractivity contribution in [1.82, 2.24) is 10.6 Å². The van der Waals surface area contributed by atoms with Crippen molar-refractivity contribution in [2.24, 2.45) is 5.92 Å². The van der Waals surface area contributed by atoms with Crippen LogP contribution in [-0.4, -0.2) is 35.5 Å². The molecule has 2 amide bonds. The van der Waals surface area contributed by atoms with Crippen molar-refractivity contribution in [3.63, 3.8) is 0 Å². The first-order chi connectivity index (χ1) is 9.04. The molecule has 19 heavy (non-hydrogen) atoms. The molecule has 3 N–H and O–H groups in total. The van der Waals surface area contributed by atoms with Gasteiger partial charge in [-0.25, -0.2) is 4.79 Å². The number of aliphatic carboxylic acids is 1. The van der Waals surface area contributed by atoms with E-state index in [9.17, 15) is 14.4 Å². The van der Waals surface area contributed by atoms with Gasteiger partial charge in [-0.1, -0.05) is 6.92 Å². The average Bonchev–Trinajstić information content (AvgIpc) is 3.17. The molecule has 0 radical (unpaired) electrons. The van der Waals surface area contributed by atoms with E-state index in [2.05, 4.69) is 10.6 Å². The molecule has 0 bridgehead atoms. The van der Waals surface area contributed by atoms with Crippen LogP contribution in [0.25, 0.3) is 0 Å². The van der Waals surface area contributed by atoms with Gasteiger partial charge in [0.05, 0.1) is 0 Å². The van der Waals surface area contributed by atoms with Crippen LogP contribution in [0.15, 0.2) is 0 Å². The minimum atomic E-state index is -0.975. The first kappa shape index (κ1) is 15.5. The third kappa shape index (κ3) is 6.22. The molecule has 1 rings (SSSR count). The monoisotopic (exact) mass is 270 g/mol. The number of carboxylic acids is 1. The normalized spacial score (nSPS) is 15.6. The molecule has 0 aromatic carbocycles. The van der Waals surface area contributed by atoms with Gasteiger partial charge in [-0.15, -0.1) is 0 Å². The van der Waals surface area contributed by atoms with Crippen LogP contribution in [0, 0.1) is 5.92 Å². The van der Waals surface area contributed by atoms with Gasteiger partial charge in [0, 0.05) is 19.4 Å². The van der Waals surface area contributed by atoms with Crippen LogP contribution in [-0.2, 0) is 14.4 Å². The van der Waals surface area contributed by atoms with Crippen LogP contribution < -0.4 is 10.6 Å². The molecule has 6 nitrogen and oxygen atoms in total. The Balaban J connectivity index is 2.16. The van der Waals surface area contributed by atoms with Gasteiger partial charge in [-0.3, -0.25) is 9.59 Å². The quantitative estimate of drug-likeness (QED) is 0.573. The van der Waals surface area contributed by atoms with E-state index in [4.69, 9.17) is 5.11 Å². The van der Waals surface area contributed by atoms with Crippen LogP contribution in [0.5, 0.6) is 0 Å². The molecule has 1 fully saturated rings. The van der Waals surface area contributed by atoms with E-state index in [-0.39, 0.29) is 24.2 Å². The zero-order chi connectivity index (χ0) is 14.3. The summed E-state index contributed by atoms with van der Waals surface area (Å²) in [6, 6.07) is -0.763. The summed E-state index contributed by atoms with van der Waals surface area (Å²) in [6.45, 7) is 2.62. The maximum Gasteiger partial charge on any atom is 0.326 e. The molecule has 1 aliphatic rings. The van der Waals surface area contributed by atoms with Crippen molar-refractivity contribution < 1.29 is 19.5 Å². The summed E-state index contributed by atoms with van der Waals surface area (Å²) in [5, 5.41) is 14.2. The maximum absolute atomic E-state index is 11.6. The second-order valence-corrected chi connectivity index (χ2v) is 4.92. The molecule has 0 spiro atoms. The van der Waals surface area contributed by atoms with Crippen molar-refractivity contribution in [2.75, 3.05) is 6.54 Å².